The first-order chi connectivity index (χ1) is 15.0. The predicted molar refractivity (Wildman–Crippen MR) is 115 cm³/mol. The Morgan fingerprint density at radius 3 is 2.35 bits per heavy atom. The van der Waals surface area contributed by atoms with Crippen LogP contribution in [0, 0.1) is 0 Å². The molecular weight excluding hydrogens is 420 g/mol. The maximum Gasteiger partial charge on any atom is 0.290 e. The Bertz CT molecular complexity index is 1360. The van der Waals surface area contributed by atoms with E-state index in [1.807, 2.05) is 0 Å². The van der Waals surface area contributed by atoms with Crippen LogP contribution >= 0.6 is 11.6 Å². The molecule has 0 fully saturated rings. The molecule has 0 bridgehead atoms. The smallest absolute Gasteiger partial charge is 0.267 e. The number of carbonyl (C=O) groups excluding carboxylic acids is 2. The molecule has 0 aliphatic carbocycles. The summed E-state index contributed by atoms with van der Waals surface area (Å²) in [5.74, 6) is -1.27. The second-order valence-corrected chi connectivity index (χ2v) is 6.93. The summed E-state index contributed by atoms with van der Waals surface area (Å²) in [6.45, 7) is 2.05. The monoisotopic (exact) mass is 436 g/mol. The van der Waals surface area contributed by atoms with E-state index in [0.29, 0.717) is 28.0 Å². The lowest BCUT2D eigenvalue weighted by Crippen LogP contribution is -2.43. The standard InChI is InChI=1S/C21H17ClN6O3/c1-2-27-21(31)14-8-4-3-7-13(14)18(26-27)20(30)24-23-19(29)16-11-12-28(25-16)17-10-6-5-9-15(17)22/h3-12H,2H2,1H3,(H,23,29)(H,24,30). The number of rotatable bonds is 4. The van der Waals surface area contributed by atoms with Gasteiger partial charge in [-0.3, -0.25) is 25.2 Å². The first-order valence-corrected chi connectivity index (χ1v) is 9.78. The van der Waals surface area contributed by atoms with E-state index in [-0.39, 0.29) is 16.9 Å². The van der Waals surface area contributed by atoms with Gasteiger partial charge in [-0.15, -0.1) is 0 Å². The van der Waals surface area contributed by atoms with Gasteiger partial charge in [0.1, 0.15) is 0 Å². The Hall–Kier alpha value is -3.98. The Morgan fingerprint density at radius 2 is 1.61 bits per heavy atom. The fraction of sp³-hybridized carbons (Fsp3) is 0.0952. The summed E-state index contributed by atoms with van der Waals surface area (Å²) >= 11 is 6.15. The number of para-hydroxylation sites is 1. The van der Waals surface area contributed by atoms with Crippen molar-refractivity contribution in [2.75, 3.05) is 0 Å². The van der Waals surface area contributed by atoms with E-state index in [0.717, 1.165) is 0 Å². The van der Waals surface area contributed by atoms with Gasteiger partial charge in [0.2, 0.25) is 0 Å². The normalized spacial score (nSPS) is 10.8. The minimum Gasteiger partial charge on any atom is -0.267 e. The van der Waals surface area contributed by atoms with Crippen molar-refractivity contribution < 1.29 is 9.59 Å². The van der Waals surface area contributed by atoms with Crippen molar-refractivity contribution in [1.29, 1.82) is 0 Å². The van der Waals surface area contributed by atoms with Gasteiger partial charge in [-0.1, -0.05) is 41.9 Å². The zero-order valence-electron chi connectivity index (χ0n) is 16.4. The van der Waals surface area contributed by atoms with Crippen molar-refractivity contribution in [3.63, 3.8) is 0 Å². The highest BCUT2D eigenvalue weighted by Crippen LogP contribution is 2.19. The van der Waals surface area contributed by atoms with Gasteiger partial charge in [0.25, 0.3) is 17.4 Å². The summed E-state index contributed by atoms with van der Waals surface area (Å²) < 4.78 is 2.66. The third-order valence-corrected chi connectivity index (χ3v) is 4.91. The average molecular weight is 437 g/mol. The SMILES string of the molecule is CCn1nc(C(=O)NNC(=O)c2ccn(-c3ccccc3Cl)n2)c2ccccc2c1=O. The number of hydrogen-bond acceptors (Lipinski definition) is 5. The summed E-state index contributed by atoms with van der Waals surface area (Å²) in [6, 6.07) is 15.2. The minimum atomic E-state index is -0.655. The van der Waals surface area contributed by atoms with E-state index in [1.54, 1.807) is 61.7 Å². The second kappa shape index (κ2) is 8.41. The molecule has 2 N–H and O–H groups in total. The minimum absolute atomic E-state index is 0.0268. The van der Waals surface area contributed by atoms with E-state index < -0.39 is 11.8 Å². The number of halogens is 1. The topological polar surface area (TPSA) is 111 Å². The number of carbonyl (C=O) groups is 2. The van der Waals surface area contributed by atoms with Crippen LogP contribution in [-0.2, 0) is 6.54 Å². The fourth-order valence-electron chi connectivity index (χ4n) is 3.07. The van der Waals surface area contributed by atoms with E-state index in [4.69, 9.17) is 11.6 Å². The molecule has 156 valence electrons. The number of nitrogens with one attached hydrogen (secondary N) is 2. The van der Waals surface area contributed by atoms with Crippen LogP contribution in [0.1, 0.15) is 27.9 Å². The van der Waals surface area contributed by atoms with Crippen LogP contribution in [0.4, 0.5) is 0 Å². The Labute approximate surface area is 181 Å². The van der Waals surface area contributed by atoms with Gasteiger partial charge in [0.05, 0.1) is 16.1 Å². The quantitative estimate of drug-likeness (QED) is 0.477. The molecule has 0 spiro atoms. The number of benzene rings is 2. The lowest BCUT2D eigenvalue weighted by molar-refractivity contribution is 0.0840. The number of fused-ring (bicyclic) bond motifs is 1. The summed E-state index contributed by atoms with van der Waals surface area (Å²) in [7, 11) is 0. The van der Waals surface area contributed by atoms with Crippen molar-refractivity contribution in [1.82, 2.24) is 30.4 Å². The summed E-state index contributed by atoms with van der Waals surface area (Å²) in [5, 5.41) is 9.56. The van der Waals surface area contributed by atoms with Gasteiger partial charge in [-0.2, -0.15) is 10.2 Å². The van der Waals surface area contributed by atoms with Gasteiger partial charge in [-0.25, -0.2) is 9.36 Å². The molecule has 0 saturated carbocycles. The molecule has 31 heavy (non-hydrogen) atoms. The lowest BCUT2D eigenvalue weighted by Gasteiger charge is -2.10. The summed E-state index contributed by atoms with van der Waals surface area (Å²) in [5.41, 5.74) is 5.08. The Balaban J connectivity index is 1.54. The van der Waals surface area contributed by atoms with Crippen LogP contribution < -0.4 is 16.4 Å². The maximum atomic E-state index is 12.7. The van der Waals surface area contributed by atoms with E-state index in [9.17, 15) is 14.4 Å². The van der Waals surface area contributed by atoms with E-state index >= 15 is 0 Å². The third kappa shape index (κ3) is 3.90. The number of aromatic nitrogens is 4. The predicted octanol–water partition coefficient (Wildman–Crippen LogP) is 2.33. The fourth-order valence-corrected chi connectivity index (χ4v) is 3.29. The molecule has 2 aromatic carbocycles. The molecule has 0 radical (unpaired) electrons. The van der Waals surface area contributed by atoms with Gasteiger partial charge in [0.15, 0.2) is 11.4 Å². The van der Waals surface area contributed by atoms with Gasteiger partial charge in [0, 0.05) is 18.1 Å². The highest BCUT2D eigenvalue weighted by molar-refractivity contribution is 6.32. The Kier molecular flexibility index (Phi) is 5.50. The van der Waals surface area contributed by atoms with Crippen LogP contribution in [0.2, 0.25) is 5.02 Å². The highest BCUT2D eigenvalue weighted by Gasteiger charge is 2.18. The molecule has 4 aromatic rings. The molecule has 0 unspecified atom stereocenters. The van der Waals surface area contributed by atoms with E-state index in [2.05, 4.69) is 21.0 Å². The van der Waals surface area contributed by atoms with E-state index in [1.165, 1.54) is 15.4 Å². The van der Waals surface area contributed by atoms with Gasteiger partial charge >= 0.3 is 0 Å². The molecule has 0 saturated heterocycles. The van der Waals surface area contributed by atoms with Crippen molar-refractivity contribution in [3.8, 4) is 5.69 Å². The zero-order chi connectivity index (χ0) is 22.0. The number of amides is 2. The number of hydrogen-bond donors (Lipinski definition) is 2. The highest BCUT2D eigenvalue weighted by atomic mass is 35.5. The molecule has 2 heterocycles. The largest absolute Gasteiger partial charge is 0.290 e. The molecule has 4 rings (SSSR count). The number of nitrogens with zero attached hydrogens (tertiary/aromatic N) is 4. The van der Waals surface area contributed by atoms with Crippen LogP contribution in [0.15, 0.2) is 65.6 Å². The maximum absolute atomic E-state index is 12.7. The van der Waals surface area contributed by atoms with Crippen molar-refractivity contribution >= 4 is 34.2 Å². The molecule has 10 heteroatoms. The first kappa shape index (κ1) is 20.3. The number of aryl methyl sites for hydroxylation is 1. The lowest BCUT2D eigenvalue weighted by atomic mass is 10.1. The summed E-state index contributed by atoms with van der Waals surface area (Å²) in [4.78, 5) is 37.5. The van der Waals surface area contributed by atoms with Crippen LogP contribution in [-0.4, -0.2) is 31.4 Å². The molecule has 0 atom stereocenters. The van der Waals surface area contributed by atoms with Crippen molar-refractivity contribution in [2.45, 2.75) is 13.5 Å². The zero-order valence-corrected chi connectivity index (χ0v) is 17.1. The first-order valence-electron chi connectivity index (χ1n) is 9.40. The average Bonchev–Trinajstić information content (AvgIpc) is 3.28. The van der Waals surface area contributed by atoms with Crippen LogP contribution in [0.25, 0.3) is 16.5 Å². The van der Waals surface area contributed by atoms with Crippen LogP contribution in [0.3, 0.4) is 0 Å². The second-order valence-electron chi connectivity index (χ2n) is 6.52. The van der Waals surface area contributed by atoms with Crippen molar-refractivity contribution in [2.24, 2.45) is 0 Å². The molecular formula is C21H17ClN6O3. The molecule has 2 aromatic heterocycles. The Morgan fingerprint density at radius 1 is 0.935 bits per heavy atom. The van der Waals surface area contributed by atoms with Gasteiger partial charge < -0.3 is 0 Å². The number of hydrazine groups is 1. The van der Waals surface area contributed by atoms with Crippen molar-refractivity contribution in [3.05, 3.63) is 87.6 Å². The molecule has 0 aliphatic rings. The van der Waals surface area contributed by atoms with Crippen LogP contribution in [0.5, 0.6) is 0 Å². The molecule has 0 aliphatic heterocycles. The molecule has 2 amide bonds. The molecule has 9 nitrogen and oxygen atoms in total. The third-order valence-electron chi connectivity index (χ3n) is 4.59. The summed E-state index contributed by atoms with van der Waals surface area (Å²) in [6.07, 6.45) is 1.59. The van der Waals surface area contributed by atoms with Gasteiger partial charge in [-0.05, 0) is 31.2 Å².